The summed E-state index contributed by atoms with van der Waals surface area (Å²) in [5.74, 6) is -1.04. The van der Waals surface area contributed by atoms with Crippen LogP contribution in [0.25, 0.3) is 0 Å². The minimum Gasteiger partial charge on any atom is -0.493 e. The van der Waals surface area contributed by atoms with Gasteiger partial charge in [-0.2, -0.15) is 0 Å². The molecule has 1 saturated heterocycles. The van der Waals surface area contributed by atoms with E-state index < -0.39 is 29.3 Å². The van der Waals surface area contributed by atoms with Gasteiger partial charge < -0.3 is 30.1 Å². The van der Waals surface area contributed by atoms with E-state index in [2.05, 4.69) is 0 Å². The zero-order valence-corrected chi connectivity index (χ0v) is 25.9. The van der Waals surface area contributed by atoms with Crippen LogP contribution >= 0.6 is 11.3 Å². The molecule has 0 spiro atoms. The van der Waals surface area contributed by atoms with Crippen molar-refractivity contribution in [2.75, 3.05) is 26.7 Å². The normalized spacial score (nSPS) is 25.8. The molecule has 10 heteroatoms. The van der Waals surface area contributed by atoms with Gasteiger partial charge in [0, 0.05) is 30.4 Å². The van der Waals surface area contributed by atoms with Crippen LogP contribution in [0.3, 0.4) is 0 Å². The second kappa shape index (κ2) is 11.5. The second-order valence-corrected chi connectivity index (χ2v) is 13.6. The molecule has 1 aromatic carbocycles. The molecule has 3 aliphatic heterocycles. The number of piperidine rings is 1. The molecule has 2 aromatic rings. The summed E-state index contributed by atoms with van der Waals surface area (Å²) in [6, 6.07) is 7.38. The Balaban J connectivity index is 1.53. The number of primary amides is 1. The van der Waals surface area contributed by atoms with Crippen LogP contribution in [0.4, 0.5) is 0 Å². The number of nitrogens with zero attached hydrogens (tertiary/aromatic N) is 2. The fourth-order valence-corrected chi connectivity index (χ4v) is 8.84. The lowest BCUT2D eigenvalue weighted by atomic mass is 9.61. The first-order chi connectivity index (χ1) is 20.6. The molecule has 1 aliphatic carbocycles. The van der Waals surface area contributed by atoms with Crippen LogP contribution in [0, 0.1) is 17.8 Å². The largest absolute Gasteiger partial charge is 0.493 e. The number of methoxy groups -OCH3 is 1. The summed E-state index contributed by atoms with van der Waals surface area (Å²) in [4.78, 5) is 44.8. The first kappa shape index (κ1) is 29.5. The van der Waals surface area contributed by atoms with Gasteiger partial charge in [-0.05, 0) is 92.7 Å². The van der Waals surface area contributed by atoms with Gasteiger partial charge in [0.05, 0.1) is 30.6 Å². The third kappa shape index (κ3) is 4.97. The van der Waals surface area contributed by atoms with E-state index >= 15 is 0 Å². The maximum absolute atomic E-state index is 13.8. The average molecular weight is 608 g/mol. The number of carboxylic acids is 1. The number of fused-ring (bicyclic) bond motifs is 3. The van der Waals surface area contributed by atoms with Crippen molar-refractivity contribution in [2.24, 2.45) is 23.5 Å². The molecule has 0 radical (unpaired) electrons. The highest BCUT2D eigenvalue weighted by Gasteiger charge is 2.60. The summed E-state index contributed by atoms with van der Waals surface area (Å²) < 4.78 is 11.9. The summed E-state index contributed by atoms with van der Waals surface area (Å²) in [5.41, 5.74) is 7.45. The van der Waals surface area contributed by atoms with Gasteiger partial charge in [-0.25, -0.2) is 4.79 Å². The Morgan fingerprint density at radius 1 is 1.12 bits per heavy atom. The van der Waals surface area contributed by atoms with Gasteiger partial charge >= 0.3 is 5.97 Å². The Bertz CT molecular complexity index is 1430. The lowest BCUT2D eigenvalue weighted by molar-refractivity contribution is -0.142. The van der Waals surface area contributed by atoms with Crippen molar-refractivity contribution >= 4 is 29.1 Å². The Morgan fingerprint density at radius 2 is 1.91 bits per heavy atom. The fraction of sp³-hybridized carbons (Fsp3) is 0.545. The molecule has 4 atom stereocenters. The first-order valence-electron chi connectivity index (χ1n) is 15.4. The molecular formula is C33H41N3O6S. The van der Waals surface area contributed by atoms with E-state index in [0.717, 1.165) is 48.1 Å². The number of likely N-dealkylation sites (tertiary alicyclic amines) is 1. The molecule has 4 aliphatic rings. The van der Waals surface area contributed by atoms with Gasteiger partial charge in [-0.15, -0.1) is 11.3 Å². The number of amides is 2. The SMILES string of the molecule is COc1cc2c(cc1OC(C)C)C1N(CC2)C(C(=O)O)=CC1(c1cccs1)C(C(N)=O)[C@H]1CCCN(C(=O)C2CCC2)C1. The molecule has 2 fully saturated rings. The molecule has 3 N–H and O–H groups in total. The summed E-state index contributed by atoms with van der Waals surface area (Å²) in [6.07, 6.45) is 6.73. The number of hydrogen-bond donors (Lipinski definition) is 2. The minimum absolute atomic E-state index is 0.0668. The second-order valence-electron chi connectivity index (χ2n) is 12.7. The number of rotatable bonds is 9. The number of nitrogens with two attached hydrogens (primary N) is 1. The van der Waals surface area contributed by atoms with Crippen molar-refractivity contribution in [1.29, 1.82) is 0 Å². The van der Waals surface area contributed by atoms with Gasteiger partial charge in [0.1, 0.15) is 5.70 Å². The topological polar surface area (TPSA) is 122 Å². The number of carbonyl (C=O) groups is 3. The maximum atomic E-state index is 13.8. The molecule has 43 heavy (non-hydrogen) atoms. The fourth-order valence-electron chi connectivity index (χ4n) is 7.88. The third-order valence-corrected chi connectivity index (χ3v) is 10.9. The molecule has 1 saturated carbocycles. The summed E-state index contributed by atoms with van der Waals surface area (Å²) >= 11 is 1.51. The highest BCUT2D eigenvalue weighted by atomic mass is 32.1. The van der Waals surface area contributed by atoms with E-state index in [-0.39, 0.29) is 29.5 Å². The Morgan fingerprint density at radius 3 is 2.51 bits per heavy atom. The molecular weight excluding hydrogens is 566 g/mol. The van der Waals surface area contributed by atoms with Crippen molar-refractivity contribution < 1.29 is 29.0 Å². The number of ether oxygens (including phenoxy) is 2. The van der Waals surface area contributed by atoms with E-state index in [4.69, 9.17) is 15.2 Å². The zero-order valence-electron chi connectivity index (χ0n) is 25.1. The number of carbonyl (C=O) groups excluding carboxylic acids is 2. The highest BCUT2D eigenvalue weighted by molar-refractivity contribution is 7.10. The molecule has 230 valence electrons. The van der Waals surface area contributed by atoms with Crippen LogP contribution in [-0.2, 0) is 26.2 Å². The van der Waals surface area contributed by atoms with Crippen LogP contribution in [-0.4, -0.2) is 65.5 Å². The van der Waals surface area contributed by atoms with E-state index in [9.17, 15) is 19.5 Å². The molecule has 9 nitrogen and oxygen atoms in total. The third-order valence-electron chi connectivity index (χ3n) is 9.84. The van der Waals surface area contributed by atoms with Crippen LogP contribution < -0.4 is 15.2 Å². The molecule has 0 bridgehead atoms. The van der Waals surface area contributed by atoms with Crippen molar-refractivity contribution in [1.82, 2.24) is 9.80 Å². The lowest BCUT2D eigenvalue weighted by Crippen LogP contribution is -2.55. The van der Waals surface area contributed by atoms with Gasteiger partial charge in [0.2, 0.25) is 11.8 Å². The van der Waals surface area contributed by atoms with Gasteiger partial charge in [-0.1, -0.05) is 12.5 Å². The Labute approximate surface area is 256 Å². The summed E-state index contributed by atoms with van der Waals surface area (Å²) in [7, 11) is 1.61. The Hall–Kier alpha value is -3.53. The van der Waals surface area contributed by atoms with Crippen molar-refractivity contribution in [3.8, 4) is 11.5 Å². The van der Waals surface area contributed by atoms with E-state index in [1.807, 2.05) is 53.3 Å². The first-order valence-corrected chi connectivity index (χ1v) is 16.3. The van der Waals surface area contributed by atoms with Crippen LogP contribution in [0.15, 0.2) is 41.4 Å². The molecule has 3 unspecified atom stereocenters. The standard InChI is InChI=1S/C33H41N3O6S/c1-19(2)42-26-16-23-21(15-25(26)41-3)11-13-36-24(32(39)40)17-33(29(23)36,27-10-6-14-43-27)28(30(34)37)22-9-5-12-35(18-22)31(38)20-7-4-8-20/h6,10,14-17,19-20,22,28-29H,4-5,7-9,11-13,18H2,1-3H3,(H2,34,37)(H,39,40)/t22-,28?,29?,33?/m0/s1. The van der Waals surface area contributed by atoms with E-state index in [0.29, 0.717) is 37.6 Å². The molecule has 4 heterocycles. The van der Waals surface area contributed by atoms with E-state index in [1.54, 1.807) is 13.2 Å². The number of aliphatic carboxylic acids is 1. The van der Waals surface area contributed by atoms with Gasteiger partial charge in [0.15, 0.2) is 11.5 Å². The van der Waals surface area contributed by atoms with Crippen LogP contribution in [0.1, 0.15) is 68.0 Å². The number of hydrogen-bond acceptors (Lipinski definition) is 7. The van der Waals surface area contributed by atoms with Crippen LogP contribution in [0.2, 0.25) is 0 Å². The van der Waals surface area contributed by atoms with Crippen molar-refractivity contribution in [3.05, 3.63) is 57.4 Å². The smallest absolute Gasteiger partial charge is 0.351 e. The predicted octanol–water partition coefficient (Wildman–Crippen LogP) is 4.50. The highest BCUT2D eigenvalue weighted by Crippen LogP contribution is 2.60. The number of carboxylic acid groups (broad SMARTS) is 1. The molecule has 1 aromatic heterocycles. The lowest BCUT2D eigenvalue weighted by Gasteiger charge is -2.49. The average Bonchev–Trinajstić information content (AvgIpc) is 3.59. The number of benzene rings is 1. The monoisotopic (exact) mass is 607 g/mol. The Kier molecular flexibility index (Phi) is 7.91. The van der Waals surface area contributed by atoms with E-state index in [1.165, 1.54) is 11.3 Å². The summed E-state index contributed by atoms with van der Waals surface area (Å²) in [5, 5.41) is 12.5. The van der Waals surface area contributed by atoms with Gasteiger partial charge in [-0.3, -0.25) is 9.59 Å². The molecule has 2 amide bonds. The summed E-state index contributed by atoms with van der Waals surface area (Å²) in [6.45, 7) is 5.48. The van der Waals surface area contributed by atoms with Gasteiger partial charge in [0.25, 0.3) is 0 Å². The van der Waals surface area contributed by atoms with Crippen molar-refractivity contribution in [2.45, 2.75) is 69.9 Å². The minimum atomic E-state index is -1.06. The maximum Gasteiger partial charge on any atom is 0.351 e. The number of thiophene rings is 1. The molecule has 6 rings (SSSR count). The van der Waals surface area contributed by atoms with Crippen molar-refractivity contribution in [3.63, 3.8) is 0 Å². The predicted molar refractivity (Wildman–Crippen MR) is 163 cm³/mol. The quantitative estimate of drug-likeness (QED) is 0.430. The van der Waals surface area contributed by atoms with Crippen LogP contribution in [0.5, 0.6) is 11.5 Å². The zero-order chi connectivity index (χ0) is 30.5.